The summed E-state index contributed by atoms with van der Waals surface area (Å²) >= 11 is 5.92. The summed E-state index contributed by atoms with van der Waals surface area (Å²) in [4.78, 5) is 25.0. The summed E-state index contributed by atoms with van der Waals surface area (Å²) in [5.41, 5.74) is 1.59. The number of anilines is 3. The Balaban J connectivity index is 1.53. The number of benzene rings is 4. The van der Waals surface area contributed by atoms with Gasteiger partial charge >= 0.3 is 5.97 Å². The van der Waals surface area contributed by atoms with Gasteiger partial charge in [0.1, 0.15) is 5.75 Å². The van der Waals surface area contributed by atoms with Gasteiger partial charge in [-0.05, 0) is 97.4 Å². The predicted octanol–water partition coefficient (Wildman–Crippen LogP) is 6.99. The number of carboxylic acids is 1. The van der Waals surface area contributed by atoms with Crippen LogP contribution >= 0.6 is 11.6 Å². The summed E-state index contributed by atoms with van der Waals surface area (Å²) in [5.74, 6) is -1.22. The van der Waals surface area contributed by atoms with Crippen LogP contribution in [0.4, 0.5) is 17.1 Å². The van der Waals surface area contributed by atoms with Crippen molar-refractivity contribution in [3.63, 3.8) is 0 Å². The summed E-state index contributed by atoms with van der Waals surface area (Å²) < 4.78 is 34.0. The molecule has 4 rings (SSSR count). The first-order valence-electron chi connectivity index (χ1n) is 12.5. The van der Waals surface area contributed by atoms with Gasteiger partial charge in [-0.1, -0.05) is 24.9 Å². The van der Waals surface area contributed by atoms with E-state index in [0.717, 1.165) is 30.3 Å². The number of hydrogen-bond acceptors (Lipinski definition) is 6. The van der Waals surface area contributed by atoms with Crippen LogP contribution in [-0.4, -0.2) is 31.9 Å². The van der Waals surface area contributed by atoms with E-state index in [1.165, 1.54) is 24.3 Å². The average Bonchev–Trinajstić information content (AvgIpc) is 2.94. The average molecular weight is 579 g/mol. The monoisotopic (exact) mass is 578 g/mol. The first-order chi connectivity index (χ1) is 19.1. The molecule has 0 fully saturated rings. The van der Waals surface area contributed by atoms with Gasteiger partial charge in [-0.2, -0.15) is 0 Å². The predicted molar refractivity (Wildman–Crippen MR) is 156 cm³/mol. The van der Waals surface area contributed by atoms with Crippen molar-refractivity contribution in [3.8, 4) is 5.75 Å². The van der Waals surface area contributed by atoms with Crippen LogP contribution in [0.1, 0.15) is 46.0 Å². The molecule has 206 valence electrons. The maximum atomic E-state index is 13.2. The molecule has 0 heterocycles. The van der Waals surface area contributed by atoms with Crippen molar-refractivity contribution >= 4 is 50.4 Å². The normalized spacial score (nSPS) is 11.1. The summed E-state index contributed by atoms with van der Waals surface area (Å²) in [7, 11) is -4.07. The molecule has 0 aliphatic heterocycles. The summed E-state index contributed by atoms with van der Waals surface area (Å²) in [6.07, 6.45) is 1.86. The van der Waals surface area contributed by atoms with Crippen LogP contribution in [-0.2, 0) is 10.0 Å². The van der Waals surface area contributed by atoms with Crippen LogP contribution in [0.2, 0.25) is 5.02 Å². The maximum Gasteiger partial charge on any atom is 0.335 e. The van der Waals surface area contributed by atoms with Crippen molar-refractivity contribution in [1.29, 1.82) is 0 Å². The van der Waals surface area contributed by atoms with Crippen LogP contribution in [0.15, 0.2) is 95.9 Å². The quantitative estimate of drug-likeness (QED) is 0.122. The number of rotatable bonds is 12. The number of hydrogen-bond donors (Lipinski definition) is 3. The lowest BCUT2D eigenvalue weighted by atomic mass is 10.00. The lowest BCUT2D eigenvalue weighted by Crippen LogP contribution is -2.14. The molecule has 0 radical (unpaired) electrons. The second-order valence-corrected chi connectivity index (χ2v) is 11.0. The fourth-order valence-corrected chi connectivity index (χ4v) is 4.94. The van der Waals surface area contributed by atoms with Gasteiger partial charge in [0.2, 0.25) is 0 Å². The zero-order valence-electron chi connectivity index (χ0n) is 21.6. The smallest absolute Gasteiger partial charge is 0.335 e. The molecule has 4 aromatic rings. The summed E-state index contributed by atoms with van der Waals surface area (Å²) in [5, 5.41) is 13.4. The van der Waals surface area contributed by atoms with Crippen LogP contribution in [0.25, 0.3) is 0 Å². The van der Waals surface area contributed by atoms with E-state index >= 15 is 0 Å². The number of carbonyl (C=O) groups is 2. The third-order valence-corrected chi connectivity index (χ3v) is 7.52. The van der Waals surface area contributed by atoms with E-state index in [4.69, 9.17) is 16.3 Å². The first-order valence-corrected chi connectivity index (χ1v) is 14.3. The van der Waals surface area contributed by atoms with Crippen molar-refractivity contribution in [2.45, 2.75) is 24.7 Å². The largest absolute Gasteiger partial charge is 0.494 e. The third-order valence-electron chi connectivity index (χ3n) is 5.88. The Hall–Kier alpha value is -4.34. The fraction of sp³-hybridized carbons (Fsp3) is 0.133. The highest BCUT2D eigenvalue weighted by molar-refractivity contribution is 7.92. The molecule has 0 aliphatic carbocycles. The number of sulfonamides is 1. The number of carbonyl (C=O) groups excluding carboxylic acids is 1. The molecule has 10 heteroatoms. The highest BCUT2D eigenvalue weighted by Crippen LogP contribution is 2.25. The fourth-order valence-electron chi connectivity index (χ4n) is 3.78. The minimum absolute atomic E-state index is 0.0238. The molecule has 0 saturated carbocycles. The Morgan fingerprint density at radius 3 is 2.00 bits per heavy atom. The molecule has 0 aromatic heterocycles. The molecular formula is C30H27ClN2O6S. The number of ketones is 1. The second-order valence-electron chi connectivity index (χ2n) is 8.92. The van der Waals surface area contributed by atoms with E-state index in [1.54, 1.807) is 48.5 Å². The molecule has 8 nitrogen and oxygen atoms in total. The highest BCUT2D eigenvalue weighted by atomic mass is 35.5. The van der Waals surface area contributed by atoms with Crippen molar-refractivity contribution in [1.82, 2.24) is 0 Å². The number of aromatic carboxylic acids is 1. The SMILES string of the molecule is CCCCOc1ccc(S(=O)(=O)Nc2cc(C(=O)O)cc(C(=O)c3ccc(Nc4ccc(Cl)cc4)cc3)c2)cc1. The lowest BCUT2D eigenvalue weighted by Gasteiger charge is -2.12. The number of ether oxygens (including phenoxy) is 1. The number of carboxylic acid groups (broad SMARTS) is 1. The third kappa shape index (κ3) is 7.40. The van der Waals surface area contributed by atoms with Gasteiger partial charge in [0.05, 0.1) is 22.8 Å². The molecule has 0 spiro atoms. The van der Waals surface area contributed by atoms with E-state index < -0.39 is 21.8 Å². The molecule has 3 N–H and O–H groups in total. The Bertz CT molecular complexity index is 1600. The zero-order chi connectivity index (χ0) is 28.7. The number of halogens is 1. The Labute approximate surface area is 237 Å². The Morgan fingerprint density at radius 1 is 0.800 bits per heavy atom. The van der Waals surface area contributed by atoms with Crippen LogP contribution in [0.5, 0.6) is 5.75 Å². The molecule has 0 atom stereocenters. The molecule has 4 aromatic carbocycles. The topological polar surface area (TPSA) is 122 Å². The van der Waals surface area contributed by atoms with Gasteiger partial charge in [-0.3, -0.25) is 9.52 Å². The summed E-state index contributed by atoms with van der Waals surface area (Å²) in [6.45, 7) is 2.57. The number of unbranched alkanes of at least 4 members (excludes halogenated alkanes) is 1. The Morgan fingerprint density at radius 2 is 1.40 bits per heavy atom. The van der Waals surface area contributed by atoms with Gasteiger partial charge in [0.25, 0.3) is 10.0 Å². The van der Waals surface area contributed by atoms with Crippen molar-refractivity contribution < 1.29 is 27.9 Å². The van der Waals surface area contributed by atoms with Gasteiger partial charge in [-0.25, -0.2) is 13.2 Å². The molecule has 40 heavy (non-hydrogen) atoms. The second kappa shape index (κ2) is 12.7. The zero-order valence-corrected chi connectivity index (χ0v) is 23.1. The van der Waals surface area contributed by atoms with Crippen molar-refractivity contribution in [3.05, 3.63) is 113 Å². The van der Waals surface area contributed by atoms with E-state index in [9.17, 15) is 23.1 Å². The van der Waals surface area contributed by atoms with E-state index in [1.807, 2.05) is 19.1 Å². The molecule has 0 amide bonds. The Kier molecular flexibility index (Phi) is 9.08. The van der Waals surface area contributed by atoms with Gasteiger partial charge in [-0.15, -0.1) is 0 Å². The van der Waals surface area contributed by atoms with Crippen LogP contribution in [0, 0.1) is 0 Å². The van der Waals surface area contributed by atoms with Crippen molar-refractivity contribution in [2.75, 3.05) is 16.6 Å². The minimum atomic E-state index is -4.07. The van der Waals surface area contributed by atoms with Crippen LogP contribution < -0.4 is 14.8 Å². The maximum absolute atomic E-state index is 13.2. The molecular weight excluding hydrogens is 552 g/mol. The summed E-state index contributed by atoms with van der Waals surface area (Å²) in [6, 6.07) is 23.4. The molecule has 0 saturated heterocycles. The molecule has 0 bridgehead atoms. The van der Waals surface area contributed by atoms with Gasteiger partial charge in [0.15, 0.2) is 5.78 Å². The van der Waals surface area contributed by atoms with E-state index in [0.29, 0.717) is 22.9 Å². The van der Waals surface area contributed by atoms with E-state index in [-0.39, 0.29) is 21.7 Å². The van der Waals surface area contributed by atoms with Gasteiger partial charge < -0.3 is 15.2 Å². The first kappa shape index (κ1) is 28.7. The molecule has 0 aliphatic rings. The lowest BCUT2D eigenvalue weighted by molar-refractivity contribution is 0.0697. The standard InChI is InChI=1S/C30H27ClN2O6S/c1-2-3-16-39-27-12-14-28(15-13-27)40(37,38)33-26-18-21(17-22(19-26)30(35)36)29(34)20-4-8-24(9-5-20)32-25-10-6-23(31)7-11-25/h4-15,17-19,32-33H,2-3,16H2,1H3,(H,35,36). The van der Waals surface area contributed by atoms with Gasteiger partial charge in [0, 0.05) is 27.5 Å². The number of nitrogens with one attached hydrogen (secondary N) is 2. The highest BCUT2D eigenvalue weighted by Gasteiger charge is 2.19. The minimum Gasteiger partial charge on any atom is -0.494 e. The van der Waals surface area contributed by atoms with E-state index in [2.05, 4.69) is 10.0 Å². The van der Waals surface area contributed by atoms with Crippen LogP contribution in [0.3, 0.4) is 0 Å². The van der Waals surface area contributed by atoms with Crippen molar-refractivity contribution in [2.24, 2.45) is 0 Å². The molecule has 0 unspecified atom stereocenters.